The van der Waals surface area contributed by atoms with E-state index in [1.807, 2.05) is 33.3 Å². The number of quaternary nitrogens is 1. The van der Waals surface area contributed by atoms with Crippen LogP contribution in [0.5, 0.6) is 0 Å². The number of carbonyl (C=O) groups excluding carboxylic acids is 2. The molecule has 0 rings (SSSR count). The molecule has 0 saturated carbocycles. The number of phosphoric ester groups is 1. The van der Waals surface area contributed by atoms with Crippen LogP contribution in [0.1, 0.15) is 271 Å². The number of phosphoric acid groups is 1. The molecule has 0 spiro atoms. The fourth-order valence-corrected chi connectivity index (χ4v) is 9.74. The maximum absolute atomic E-state index is 13.6. The number of amides is 1. The van der Waals surface area contributed by atoms with Gasteiger partial charge in [0.15, 0.2) is 0 Å². The van der Waals surface area contributed by atoms with Gasteiger partial charge in [0, 0.05) is 12.8 Å². The van der Waals surface area contributed by atoms with E-state index >= 15 is 0 Å². The van der Waals surface area contributed by atoms with E-state index in [4.69, 9.17) is 13.8 Å². The van der Waals surface area contributed by atoms with Crippen molar-refractivity contribution in [2.24, 2.45) is 0 Å². The molecule has 1 amide bonds. The maximum atomic E-state index is 13.6. The molecule has 10 heteroatoms. The molecule has 0 bridgehead atoms. The van der Waals surface area contributed by atoms with Crippen molar-refractivity contribution in [3.05, 3.63) is 122 Å². The Morgan fingerprint density at radius 3 is 1.20 bits per heavy atom. The summed E-state index contributed by atoms with van der Waals surface area (Å²) in [6, 6.07) is -0.873. The number of ether oxygens (including phenoxy) is 1. The summed E-state index contributed by atoms with van der Waals surface area (Å²) < 4.78 is 30.7. The number of rotatable bonds is 59. The van der Waals surface area contributed by atoms with Crippen LogP contribution in [0.15, 0.2) is 122 Å². The third-order valence-electron chi connectivity index (χ3n) is 14.1. The first-order valence-electron chi connectivity index (χ1n) is 33.4. The first-order chi connectivity index (χ1) is 39.9. The molecule has 0 aromatic carbocycles. The third kappa shape index (κ3) is 61.0. The van der Waals surface area contributed by atoms with Crippen molar-refractivity contribution in [2.75, 3.05) is 40.9 Å². The Labute approximate surface area is 505 Å². The zero-order valence-corrected chi connectivity index (χ0v) is 54.6. The summed E-state index contributed by atoms with van der Waals surface area (Å²) >= 11 is 0. The van der Waals surface area contributed by atoms with Gasteiger partial charge in [-0.3, -0.25) is 18.6 Å². The number of hydrogen-bond acceptors (Lipinski definition) is 6. The lowest BCUT2D eigenvalue weighted by Crippen LogP contribution is -2.47. The Morgan fingerprint density at radius 1 is 0.439 bits per heavy atom. The molecule has 0 saturated heterocycles. The topological polar surface area (TPSA) is 111 Å². The zero-order valence-electron chi connectivity index (χ0n) is 53.7. The van der Waals surface area contributed by atoms with E-state index in [-0.39, 0.29) is 31.5 Å². The standard InChI is InChI=1S/C72H125N2O7P/c1-7-10-13-16-19-22-25-28-30-32-34-36-37-39-41-43-45-47-50-53-56-59-62-65-72(76)81-70(63-60-57-54-51-48-27-24-21-18-15-12-9-3)69(68-80-82(77,78)79-67-66-74(4,5)6)73-71(75)64-61-58-55-52-49-46-44-42-40-38-35-33-31-29-26-23-20-17-14-11-8-2/h11,14,19-20,22-23,28-31,34-36,38-39,41-42,44,60,63,69-70H,7-10,12-13,15-18,21,24-27,32-33,37,40,43,45-59,61-62,64-68H2,1-6H3,(H-,73,75,77,78)/p+1/b14-11-,22-19-,23-20-,30-28-,31-29-,36-34-,38-35-,41-39-,44-42-,63-60+. The van der Waals surface area contributed by atoms with Gasteiger partial charge in [-0.1, -0.05) is 258 Å². The molecular weight excluding hydrogens is 1040 g/mol. The minimum atomic E-state index is -4.47. The summed E-state index contributed by atoms with van der Waals surface area (Å²) in [5, 5.41) is 3.05. The molecule has 0 aliphatic carbocycles. The summed E-state index contributed by atoms with van der Waals surface area (Å²) in [6.07, 6.45) is 84.8. The van der Waals surface area contributed by atoms with Crippen molar-refractivity contribution >= 4 is 19.7 Å². The summed E-state index contributed by atoms with van der Waals surface area (Å²) in [7, 11) is 1.46. The smallest absolute Gasteiger partial charge is 0.456 e. The van der Waals surface area contributed by atoms with Crippen molar-refractivity contribution in [3.8, 4) is 0 Å². The number of hydrogen-bond donors (Lipinski definition) is 2. The van der Waals surface area contributed by atoms with Gasteiger partial charge >= 0.3 is 13.8 Å². The Bertz CT molecular complexity index is 1820. The van der Waals surface area contributed by atoms with Crippen LogP contribution in [0.2, 0.25) is 0 Å². The molecule has 0 radical (unpaired) electrons. The Hall–Kier alpha value is -3.59. The third-order valence-corrected chi connectivity index (χ3v) is 15.1. The van der Waals surface area contributed by atoms with Gasteiger partial charge in [-0.15, -0.1) is 0 Å². The SMILES string of the molecule is CC/C=C\C/C=C\C/C=C\C/C=C\C/C=C\CCCCCCCC(=O)NC(COP(=O)(O)OCC[N+](C)(C)C)C(/C=C/CCCCCCCCCCCC)OC(=O)CCCCCCCCC/C=C\C/C=C\C/C=C\C/C=C\CCCCC. The molecule has 0 fully saturated rings. The highest BCUT2D eigenvalue weighted by molar-refractivity contribution is 7.47. The molecule has 82 heavy (non-hydrogen) atoms. The van der Waals surface area contributed by atoms with E-state index in [2.05, 4.69) is 135 Å². The normalized spacial score (nSPS) is 14.4. The molecule has 3 atom stereocenters. The van der Waals surface area contributed by atoms with E-state index < -0.39 is 20.0 Å². The number of esters is 1. The van der Waals surface area contributed by atoms with Crippen LogP contribution in [-0.2, 0) is 27.9 Å². The van der Waals surface area contributed by atoms with E-state index in [0.717, 1.165) is 141 Å². The maximum Gasteiger partial charge on any atom is 0.472 e. The van der Waals surface area contributed by atoms with E-state index in [9.17, 15) is 19.0 Å². The van der Waals surface area contributed by atoms with E-state index in [0.29, 0.717) is 17.4 Å². The fraction of sp³-hybridized carbons (Fsp3) is 0.694. The van der Waals surface area contributed by atoms with Crippen LogP contribution in [0.3, 0.4) is 0 Å². The van der Waals surface area contributed by atoms with Crippen LogP contribution < -0.4 is 5.32 Å². The second-order valence-electron chi connectivity index (χ2n) is 23.3. The molecule has 470 valence electrons. The van der Waals surface area contributed by atoms with Gasteiger partial charge in [0.1, 0.15) is 19.3 Å². The van der Waals surface area contributed by atoms with Crippen LogP contribution in [-0.4, -0.2) is 74.3 Å². The monoisotopic (exact) mass is 1160 g/mol. The van der Waals surface area contributed by atoms with Crippen molar-refractivity contribution in [3.63, 3.8) is 0 Å². The number of nitrogens with zero attached hydrogens (tertiary/aromatic N) is 1. The van der Waals surface area contributed by atoms with Gasteiger partial charge in [-0.25, -0.2) is 4.57 Å². The lowest BCUT2D eigenvalue weighted by molar-refractivity contribution is -0.870. The number of nitrogens with one attached hydrogen (secondary N) is 1. The van der Waals surface area contributed by atoms with Gasteiger partial charge in [0.2, 0.25) is 5.91 Å². The zero-order chi connectivity index (χ0) is 60.0. The lowest BCUT2D eigenvalue weighted by atomic mass is 10.0. The minimum absolute atomic E-state index is 0.0277. The van der Waals surface area contributed by atoms with Gasteiger partial charge in [-0.2, -0.15) is 0 Å². The first-order valence-corrected chi connectivity index (χ1v) is 34.9. The first kappa shape index (κ1) is 78.4. The molecular formula is C72H126N2O7P+. The Balaban J connectivity index is 5.24. The predicted molar refractivity (Wildman–Crippen MR) is 355 cm³/mol. The molecule has 0 aromatic heterocycles. The summed E-state index contributed by atoms with van der Waals surface area (Å²) in [5.74, 6) is -0.544. The number of likely N-dealkylation sites (N-methyl/N-ethyl adjacent to an activating group) is 1. The van der Waals surface area contributed by atoms with Crippen molar-refractivity contribution in [2.45, 2.75) is 283 Å². The Morgan fingerprint density at radius 2 is 0.780 bits per heavy atom. The Kier molecular flexibility index (Phi) is 57.9. The fourth-order valence-electron chi connectivity index (χ4n) is 9.01. The number of carbonyl (C=O) groups is 2. The van der Waals surface area contributed by atoms with E-state index in [1.165, 1.54) is 96.3 Å². The van der Waals surface area contributed by atoms with Crippen LogP contribution in [0, 0.1) is 0 Å². The number of allylic oxidation sites excluding steroid dienone is 19. The van der Waals surface area contributed by atoms with Crippen LogP contribution >= 0.6 is 7.82 Å². The molecule has 0 aromatic rings. The molecule has 3 unspecified atom stereocenters. The van der Waals surface area contributed by atoms with Gasteiger partial charge in [0.25, 0.3) is 0 Å². The lowest BCUT2D eigenvalue weighted by Gasteiger charge is -2.27. The molecule has 9 nitrogen and oxygen atoms in total. The van der Waals surface area contributed by atoms with E-state index in [1.54, 1.807) is 0 Å². The molecule has 2 N–H and O–H groups in total. The number of unbranched alkanes of at least 4 members (excludes halogenated alkanes) is 25. The van der Waals surface area contributed by atoms with Crippen molar-refractivity contribution in [1.29, 1.82) is 0 Å². The average molecular weight is 1160 g/mol. The highest BCUT2D eigenvalue weighted by Gasteiger charge is 2.30. The van der Waals surface area contributed by atoms with Gasteiger partial charge in [-0.05, 0) is 122 Å². The largest absolute Gasteiger partial charge is 0.472 e. The highest BCUT2D eigenvalue weighted by atomic mass is 31.2. The van der Waals surface area contributed by atoms with Crippen LogP contribution in [0.25, 0.3) is 0 Å². The van der Waals surface area contributed by atoms with Crippen molar-refractivity contribution in [1.82, 2.24) is 5.32 Å². The summed E-state index contributed by atoms with van der Waals surface area (Å²) in [4.78, 5) is 37.8. The van der Waals surface area contributed by atoms with Gasteiger partial charge < -0.3 is 19.4 Å². The summed E-state index contributed by atoms with van der Waals surface area (Å²) in [6.45, 7) is 6.84. The second kappa shape index (κ2) is 60.5. The molecule has 0 heterocycles. The predicted octanol–water partition coefficient (Wildman–Crippen LogP) is 21.1. The van der Waals surface area contributed by atoms with Crippen molar-refractivity contribution < 1.29 is 37.3 Å². The average Bonchev–Trinajstić information content (AvgIpc) is 3.44. The minimum Gasteiger partial charge on any atom is -0.456 e. The van der Waals surface area contributed by atoms with Crippen LogP contribution in [0.4, 0.5) is 0 Å². The highest BCUT2D eigenvalue weighted by Crippen LogP contribution is 2.43. The summed E-state index contributed by atoms with van der Waals surface area (Å²) in [5.41, 5.74) is 0. The van der Waals surface area contributed by atoms with Gasteiger partial charge in [0.05, 0.1) is 33.8 Å². The molecule has 0 aliphatic heterocycles. The molecule has 0 aliphatic rings. The second-order valence-corrected chi connectivity index (χ2v) is 24.7. The quantitative estimate of drug-likeness (QED) is 0.0205.